The number of benzene rings is 1. The number of halogens is 3. The molecule has 0 unspecified atom stereocenters. The summed E-state index contributed by atoms with van der Waals surface area (Å²) in [6.45, 7) is 0.166. The number of hydrogen-bond acceptors (Lipinski definition) is 6. The van der Waals surface area contributed by atoms with E-state index in [1.807, 2.05) is 0 Å². The minimum Gasteiger partial charge on any atom is -0.467 e. The van der Waals surface area contributed by atoms with Crippen LogP contribution < -0.4 is 20.1 Å². The molecule has 2 N–H and O–H groups in total. The van der Waals surface area contributed by atoms with E-state index in [0.29, 0.717) is 22.8 Å². The summed E-state index contributed by atoms with van der Waals surface area (Å²) in [4.78, 5) is 12.7. The van der Waals surface area contributed by atoms with E-state index in [2.05, 4.69) is 15.7 Å². The number of nitrogens with one attached hydrogen (secondary N) is 2. The summed E-state index contributed by atoms with van der Waals surface area (Å²) < 4.78 is 58.1. The fraction of sp³-hybridized carbons (Fsp3) is 0.300. The van der Waals surface area contributed by atoms with Gasteiger partial charge in [-0.1, -0.05) is 6.07 Å². The quantitative estimate of drug-likeness (QED) is 0.649. The zero-order chi connectivity index (χ0) is 21.6. The summed E-state index contributed by atoms with van der Waals surface area (Å²) in [5.74, 6) is 0.979. The maximum Gasteiger partial charge on any atom is 0.410 e. The minimum atomic E-state index is -4.54. The Bertz CT molecular complexity index is 1110. The molecule has 1 aromatic carbocycles. The molecule has 0 fully saturated rings. The summed E-state index contributed by atoms with van der Waals surface area (Å²) in [6, 6.07) is 5.76. The molecule has 31 heavy (non-hydrogen) atoms. The number of hydrogen-bond donors (Lipinski definition) is 2. The average molecular weight is 434 g/mol. The monoisotopic (exact) mass is 434 g/mol. The van der Waals surface area contributed by atoms with Crippen LogP contribution in [0.2, 0.25) is 0 Å². The van der Waals surface area contributed by atoms with E-state index < -0.39 is 24.2 Å². The lowest BCUT2D eigenvalue weighted by Crippen LogP contribution is -2.36. The zero-order valence-corrected chi connectivity index (χ0v) is 16.0. The van der Waals surface area contributed by atoms with Gasteiger partial charge in [0, 0.05) is 6.42 Å². The van der Waals surface area contributed by atoms with Gasteiger partial charge in [0.15, 0.2) is 17.5 Å². The maximum absolute atomic E-state index is 13.8. The smallest absolute Gasteiger partial charge is 0.410 e. The highest BCUT2D eigenvalue weighted by atomic mass is 19.4. The first-order valence-corrected chi connectivity index (χ1v) is 9.51. The van der Waals surface area contributed by atoms with Gasteiger partial charge in [0.05, 0.1) is 25.0 Å². The minimum absolute atomic E-state index is 0.00758. The second-order valence-corrected chi connectivity index (χ2v) is 7.22. The number of nitrogens with zero attached hydrogens (tertiary/aromatic N) is 2. The number of fused-ring (bicyclic) bond motifs is 2. The van der Waals surface area contributed by atoms with Crippen LogP contribution >= 0.6 is 0 Å². The first kappa shape index (κ1) is 19.3. The Morgan fingerprint density at radius 2 is 2.10 bits per heavy atom. The number of aromatic nitrogens is 2. The van der Waals surface area contributed by atoms with Gasteiger partial charge in [0.1, 0.15) is 17.1 Å². The van der Waals surface area contributed by atoms with Crippen molar-refractivity contribution in [2.75, 3.05) is 12.1 Å². The number of amides is 1. The molecule has 5 rings (SSSR count). The van der Waals surface area contributed by atoms with Crippen molar-refractivity contribution in [2.45, 2.75) is 31.2 Å². The molecule has 0 saturated carbocycles. The molecule has 0 radical (unpaired) electrons. The molecule has 0 bridgehead atoms. The molecule has 2 aliphatic rings. The molecule has 162 valence electrons. The van der Waals surface area contributed by atoms with Crippen LogP contribution in [0.5, 0.6) is 11.5 Å². The highest BCUT2D eigenvalue weighted by molar-refractivity contribution is 5.98. The maximum atomic E-state index is 13.8. The second-order valence-electron chi connectivity index (χ2n) is 7.22. The fourth-order valence-electron chi connectivity index (χ4n) is 3.75. The van der Waals surface area contributed by atoms with Crippen molar-refractivity contribution in [3.8, 4) is 11.5 Å². The number of carbonyl (C=O) groups excluding carboxylic acids is 1. The number of ether oxygens (including phenoxy) is 2. The Balaban J connectivity index is 1.45. The third kappa shape index (κ3) is 3.56. The van der Waals surface area contributed by atoms with Gasteiger partial charge in [0.25, 0.3) is 5.91 Å². The predicted molar refractivity (Wildman–Crippen MR) is 101 cm³/mol. The Labute approximate surface area is 173 Å². The van der Waals surface area contributed by atoms with Crippen LogP contribution in [0.1, 0.15) is 40.2 Å². The van der Waals surface area contributed by atoms with Crippen molar-refractivity contribution in [2.24, 2.45) is 0 Å². The van der Waals surface area contributed by atoms with Gasteiger partial charge in [-0.2, -0.15) is 18.3 Å². The van der Waals surface area contributed by atoms with Crippen molar-refractivity contribution in [1.82, 2.24) is 15.1 Å². The van der Waals surface area contributed by atoms with Crippen LogP contribution in [0.4, 0.5) is 19.0 Å². The molecule has 0 spiro atoms. The first-order chi connectivity index (χ1) is 14.9. The zero-order valence-electron chi connectivity index (χ0n) is 16.0. The Morgan fingerprint density at radius 1 is 1.26 bits per heavy atom. The fourth-order valence-corrected chi connectivity index (χ4v) is 3.75. The number of furan rings is 1. The molecule has 4 heterocycles. The van der Waals surface area contributed by atoms with E-state index in [0.717, 1.165) is 10.9 Å². The van der Waals surface area contributed by atoms with Crippen molar-refractivity contribution in [3.63, 3.8) is 0 Å². The van der Waals surface area contributed by atoms with Crippen LogP contribution in [0.15, 0.2) is 47.2 Å². The summed E-state index contributed by atoms with van der Waals surface area (Å²) in [6.07, 6.45) is -2.22. The van der Waals surface area contributed by atoms with Crippen LogP contribution in [0.25, 0.3) is 0 Å². The first-order valence-electron chi connectivity index (χ1n) is 9.51. The molecule has 0 saturated heterocycles. The van der Waals surface area contributed by atoms with Gasteiger partial charge < -0.3 is 24.5 Å². The Morgan fingerprint density at radius 3 is 2.87 bits per heavy atom. The Hall–Kier alpha value is -3.63. The van der Waals surface area contributed by atoms with Gasteiger partial charge in [0.2, 0.25) is 6.79 Å². The van der Waals surface area contributed by atoms with E-state index in [4.69, 9.17) is 13.9 Å². The molecule has 3 aromatic rings. The lowest BCUT2D eigenvalue weighted by molar-refractivity contribution is -0.173. The third-order valence-electron chi connectivity index (χ3n) is 5.29. The summed E-state index contributed by atoms with van der Waals surface area (Å²) in [5.41, 5.74) is 0.610. The molecule has 11 heteroatoms. The molecule has 0 aliphatic carbocycles. The summed E-state index contributed by atoms with van der Waals surface area (Å²) in [7, 11) is 0. The summed E-state index contributed by atoms with van der Waals surface area (Å²) >= 11 is 0. The lowest BCUT2D eigenvalue weighted by Gasteiger charge is -2.34. The molecule has 2 aliphatic heterocycles. The topological polar surface area (TPSA) is 90.6 Å². The van der Waals surface area contributed by atoms with Gasteiger partial charge >= 0.3 is 6.18 Å². The van der Waals surface area contributed by atoms with Gasteiger partial charge in [-0.3, -0.25) is 4.79 Å². The molecule has 2 aromatic heterocycles. The number of carbonyl (C=O) groups is 1. The van der Waals surface area contributed by atoms with E-state index >= 15 is 0 Å². The molecule has 2 atom stereocenters. The number of rotatable bonds is 4. The largest absolute Gasteiger partial charge is 0.467 e. The highest BCUT2D eigenvalue weighted by Gasteiger charge is 2.47. The normalized spacial score (nSPS) is 19.6. The van der Waals surface area contributed by atoms with E-state index in [-0.39, 0.29) is 31.1 Å². The van der Waals surface area contributed by atoms with Gasteiger partial charge in [-0.25, -0.2) is 4.68 Å². The van der Waals surface area contributed by atoms with Crippen molar-refractivity contribution >= 4 is 11.7 Å². The van der Waals surface area contributed by atoms with Crippen LogP contribution in [-0.2, 0) is 6.54 Å². The predicted octanol–water partition coefficient (Wildman–Crippen LogP) is 3.80. The van der Waals surface area contributed by atoms with Crippen molar-refractivity contribution < 1.29 is 31.9 Å². The standard InChI is InChI=1S/C20H17F3N4O4/c21-20(22,23)17-7-14(11-3-4-15-16(6-11)31-10-30-15)26-18-13(9-25-27(17)18)19(28)24-8-12-2-1-5-29-12/h1-6,9,14,17,26H,7-8,10H2,(H,24,28)/t14-,17+/m0/s1. The summed E-state index contributed by atoms with van der Waals surface area (Å²) in [5, 5.41) is 9.55. The Kier molecular flexibility index (Phi) is 4.53. The number of anilines is 1. The number of alkyl halides is 3. The van der Waals surface area contributed by atoms with E-state index in [9.17, 15) is 18.0 Å². The second kappa shape index (κ2) is 7.25. The molecule has 1 amide bonds. The average Bonchev–Trinajstić information content (AvgIpc) is 3.50. The van der Waals surface area contributed by atoms with Gasteiger partial charge in [-0.15, -0.1) is 0 Å². The molecule has 8 nitrogen and oxygen atoms in total. The SMILES string of the molecule is O=C(NCc1ccco1)c1cnn2c1N[C@H](c1ccc3c(c1)OCO3)C[C@@H]2C(F)(F)F. The lowest BCUT2D eigenvalue weighted by atomic mass is 9.96. The van der Waals surface area contributed by atoms with Crippen LogP contribution in [-0.4, -0.2) is 28.7 Å². The van der Waals surface area contributed by atoms with Crippen LogP contribution in [0, 0.1) is 0 Å². The molecular formula is C20H17F3N4O4. The van der Waals surface area contributed by atoms with E-state index in [1.54, 1.807) is 30.3 Å². The van der Waals surface area contributed by atoms with Gasteiger partial charge in [-0.05, 0) is 29.8 Å². The van der Waals surface area contributed by atoms with E-state index in [1.165, 1.54) is 6.26 Å². The van der Waals surface area contributed by atoms with Crippen molar-refractivity contribution in [3.05, 3.63) is 59.7 Å². The van der Waals surface area contributed by atoms with Crippen molar-refractivity contribution in [1.29, 1.82) is 0 Å². The molecular weight excluding hydrogens is 417 g/mol. The van der Waals surface area contributed by atoms with Crippen LogP contribution in [0.3, 0.4) is 0 Å². The third-order valence-corrected chi connectivity index (χ3v) is 5.29. The highest BCUT2D eigenvalue weighted by Crippen LogP contribution is 2.45.